The van der Waals surface area contributed by atoms with Crippen LogP contribution < -0.4 is 4.74 Å². The summed E-state index contributed by atoms with van der Waals surface area (Å²) in [6, 6.07) is 14.8. The van der Waals surface area contributed by atoms with Gasteiger partial charge in [-0.2, -0.15) is 9.52 Å². The Hall–Kier alpha value is -2.64. The van der Waals surface area contributed by atoms with Crippen LogP contribution in [0.1, 0.15) is 36.1 Å². The van der Waals surface area contributed by atoms with E-state index in [2.05, 4.69) is 10.1 Å². The number of benzene rings is 2. The van der Waals surface area contributed by atoms with Crippen molar-refractivity contribution in [3.8, 4) is 5.75 Å². The summed E-state index contributed by atoms with van der Waals surface area (Å²) in [5.41, 5.74) is 3.96. The molecule has 1 aliphatic rings. The maximum atomic E-state index is 12.8. The van der Waals surface area contributed by atoms with Crippen molar-refractivity contribution < 1.29 is 13.2 Å². The Labute approximate surface area is 181 Å². The van der Waals surface area contributed by atoms with E-state index in [1.807, 2.05) is 55.5 Å². The lowest BCUT2D eigenvalue weighted by molar-refractivity contribution is 0.372. The largest absolute Gasteiger partial charge is 0.494 e. The van der Waals surface area contributed by atoms with Crippen molar-refractivity contribution in [2.75, 3.05) is 12.9 Å². The molecule has 2 heterocycles. The van der Waals surface area contributed by atoms with Gasteiger partial charge in [-0.3, -0.25) is 0 Å². The first-order valence-corrected chi connectivity index (χ1v) is 11.6. The van der Waals surface area contributed by atoms with Crippen LogP contribution in [0.5, 0.6) is 5.75 Å². The van der Waals surface area contributed by atoms with Gasteiger partial charge < -0.3 is 4.74 Å². The smallest absolute Gasteiger partial charge is 0.250 e. The van der Waals surface area contributed by atoms with Crippen LogP contribution in [0.3, 0.4) is 0 Å². The second-order valence-electron chi connectivity index (χ2n) is 7.21. The minimum Gasteiger partial charge on any atom is -0.494 e. The van der Waals surface area contributed by atoms with E-state index in [-0.39, 0.29) is 10.9 Å². The topological polar surface area (TPSA) is 71.9 Å². The van der Waals surface area contributed by atoms with Crippen LogP contribution in [0.2, 0.25) is 5.15 Å². The molecule has 0 amide bonds. The number of halogens is 1. The number of hydrogen-bond donors (Lipinski definition) is 0. The van der Waals surface area contributed by atoms with Crippen molar-refractivity contribution in [2.24, 2.45) is 5.10 Å². The summed E-state index contributed by atoms with van der Waals surface area (Å²) in [5.74, 6) is 0.558. The lowest BCUT2D eigenvalue weighted by Gasteiger charge is -2.23. The molecule has 0 radical (unpaired) electrons. The highest BCUT2D eigenvalue weighted by atomic mass is 35.5. The van der Waals surface area contributed by atoms with Gasteiger partial charge in [0, 0.05) is 17.4 Å². The van der Waals surface area contributed by atoms with E-state index < -0.39 is 16.1 Å². The fraction of sp³-hybridized carbons (Fsp3) is 0.273. The third-order valence-corrected chi connectivity index (χ3v) is 7.18. The summed E-state index contributed by atoms with van der Waals surface area (Å²) in [7, 11) is -2.02. The predicted octanol–water partition coefficient (Wildman–Crippen LogP) is 4.71. The number of nitrogens with zero attached hydrogens (tertiary/aromatic N) is 3. The first-order valence-electron chi connectivity index (χ1n) is 9.64. The van der Waals surface area contributed by atoms with E-state index in [1.165, 1.54) is 4.41 Å². The van der Waals surface area contributed by atoms with Crippen LogP contribution >= 0.6 is 11.6 Å². The summed E-state index contributed by atoms with van der Waals surface area (Å²) in [5, 5.41) is 5.58. The second kappa shape index (κ2) is 7.89. The number of methoxy groups -OCH3 is 1. The number of sulfonamides is 1. The van der Waals surface area contributed by atoms with Crippen LogP contribution in [0.4, 0.5) is 0 Å². The average molecular weight is 444 g/mol. The SMILES string of the molecule is CCS(=O)(=O)N1N=C(c2cccc(C)c2)C[C@H]1c1cc2cccc(OC)c2nc1Cl. The quantitative estimate of drug-likeness (QED) is 0.535. The number of aromatic nitrogens is 1. The predicted molar refractivity (Wildman–Crippen MR) is 120 cm³/mol. The number of ether oxygens (including phenoxy) is 1. The van der Waals surface area contributed by atoms with E-state index in [1.54, 1.807) is 14.0 Å². The molecule has 156 valence electrons. The molecule has 3 aromatic rings. The van der Waals surface area contributed by atoms with E-state index in [4.69, 9.17) is 16.3 Å². The average Bonchev–Trinajstić information content (AvgIpc) is 3.19. The van der Waals surface area contributed by atoms with Crippen LogP contribution in [-0.2, 0) is 10.0 Å². The summed E-state index contributed by atoms with van der Waals surface area (Å²) in [6.45, 7) is 3.60. The molecule has 0 fully saturated rings. The van der Waals surface area contributed by atoms with Crippen molar-refractivity contribution in [3.05, 3.63) is 70.4 Å². The molecule has 4 rings (SSSR count). The third-order valence-electron chi connectivity index (χ3n) is 5.24. The standard InChI is InChI=1S/C22H22ClN3O3S/c1-4-30(27,28)26-19(13-18(25-26)15-8-5-7-14(2)11-15)17-12-16-9-6-10-20(29-3)21(16)24-22(17)23/h5-12,19H,4,13H2,1-3H3/t19-/m0/s1. The normalized spacial score (nSPS) is 16.7. The molecular weight excluding hydrogens is 422 g/mol. The van der Waals surface area contributed by atoms with Crippen LogP contribution in [0.25, 0.3) is 10.9 Å². The molecule has 2 aromatic carbocycles. The third kappa shape index (κ3) is 3.63. The van der Waals surface area contributed by atoms with E-state index in [0.29, 0.717) is 29.0 Å². The summed E-state index contributed by atoms with van der Waals surface area (Å²) in [4.78, 5) is 4.51. The number of aryl methyl sites for hydroxylation is 1. The first kappa shape index (κ1) is 20.6. The minimum absolute atomic E-state index is 0.0550. The molecule has 8 heteroatoms. The molecule has 0 N–H and O–H groups in total. The second-order valence-corrected chi connectivity index (χ2v) is 9.68. The zero-order valence-electron chi connectivity index (χ0n) is 17.0. The van der Waals surface area contributed by atoms with Crippen molar-refractivity contribution in [2.45, 2.75) is 26.3 Å². The van der Waals surface area contributed by atoms with Gasteiger partial charge in [0.2, 0.25) is 10.0 Å². The molecule has 0 spiro atoms. The van der Waals surface area contributed by atoms with Crippen LogP contribution in [-0.4, -0.2) is 36.4 Å². The van der Waals surface area contributed by atoms with Crippen LogP contribution in [0.15, 0.2) is 53.6 Å². The highest BCUT2D eigenvalue weighted by Crippen LogP contribution is 2.39. The van der Waals surface area contributed by atoms with Crippen molar-refractivity contribution in [1.82, 2.24) is 9.40 Å². The first-order chi connectivity index (χ1) is 14.3. The molecule has 30 heavy (non-hydrogen) atoms. The number of hydrogen-bond acceptors (Lipinski definition) is 5. The highest BCUT2D eigenvalue weighted by Gasteiger charge is 2.37. The summed E-state index contributed by atoms with van der Waals surface area (Å²) >= 11 is 6.55. The monoisotopic (exact) mass is 443 g/mol. The molecule has 0 aliphatic carbocycles. The van der Waals surface area contributed by atoms with Crippen molar-refractivity contribution in [3.63, 3.8) is 0 Å². The molecule has 0 saturated heterocycles. The number of fused-ring (bicyclic) bond motifs is 1. The highest BCUT2D eigenvalue weighted by molar-refractivity contribution is 7.89. The fourth-order valence-corrected chi connectivity index (χ4v) is 5.00. The number of para-hydroxylation sites is 1. The fourth-order valence-electron chi connectivity index (χ4n) is 3.67. The summed E-state index contributed by atoms with van der Waals surface area (Å²) in [6.07, 6.45) is 0.416. The molecule has 1 aromatic heterocycles. The number of pyridine rings is 1. The maximum Gasteiger partial charge on any atom is 0.250 e. The van der Waals surface area contributed by atoms with Gasteiger partial charge in [-0.25, -0.2) is 13.4 Å². The van der Waals surface area contributed by atoms with Gasteiger partial charge in [0.1, 0.15) is 16.4 Å². The Balaban J connectivity index is 1.84. The minimum atomic E-state index is -3.59. The Kier molecular flexibility index (Phi) is 5.42. The Morgan fingerprint density at radius 2 is 1.97 bits per heavy atom. The number of rotatable bonds is 5. The van der Waals surface area contributed by atoms with Gasteiger partial charge in [0.05, 0.1) is 24.6 Å². The van der Waals surface area contributed by atoms with Crippen LogP contribution in [0, 0.1) is 6.92 Å². The van der Waals surface area contributed by atoms with Gasteiger partial charge in [0.25, 0.3) is 0 Å². The van der Waals surface area contributed by atoms with Crippen molar-refractivity contribution >= 4 is 38.2 Å². The van der Waals surface area contributed by atoms with Gasteiger partial charge in [-0.1, -0.05) is 53.6 Å². The van der Waals surface area contributed by atoms with Gasteiger partial charge in [-0.05, 0) is 31.5 Å². The van der Waals surface area contributed by atoms with Crippen molar-refractivity contribution in [1.29, 1.82) is 0 Å². The molecule has 0 bridgehead atoms. The lowest BCUT2D eigenvalue weighted by Crippen LogP contribution is -2.28. The molecule has 0 saturated carbocycles. The molecule has 1 atom stereocenters. The maximum absolute atomic E-state index is 12.8. The lowest BCUT2D eigenvalue weighted by atomic mass is 9.98. The van der Waals surface area contributed by atoms with Gasteiger partial charge >= 0.3 is 0 Å². The Morgan fingerprint density at radius 1 is 1.20 bits per heavy atom. The van der Waals surface area contributed by atoms with E-state index >= 15 is 0 Å². The molecule has 1 aliphatic heterocycles. The molecule has 6 nitrogen and oxygen atoms in total. The van der Waals surface area contributed by atoms with E-state index in [9.17, 15) is 8.42 Å². The molecular formula is C22H22ClN3O3S. The van der Waals surface area contributed by atoms with Gasteiger partial charge in [0.15, 0.2) is 0 Å². The number of hydrazone groups is 1. The van der Waals surface area contributed by atoms with Gasteiger partial charge in [-0.15, -0.1) is 0 Å². The zero-order valence-corrected chi connectivity index (χ0v) is 18.5. The zero-order chi connectivity index (χ0) is 21.5. The molecule has 0 unspecified atom stereocenters. The Bertz CT molecular complexity index is 1260. The Morgan fingerprint density at radius 3 is 2.67 bits per heavy atom. The van der Waals surface area contributed by atoms with E-state index in [0.717, 1.165) is 16.5 Å². The summed E-state index contributed by atoms with van der Waals surface area (Å²) < 4.78 is 32.3.